The summed E-state index contributed by atoms with van der Waals surface area (Å²) in [5.41, 5.74) is 2.06. The highest BCUT2D eigenvalue weighted by atomic mass is 16.3. The first-order valence-electron chi connectivity index (χ1n) is 6.57. The minimum atomic E-state index is 0.632. The van der Waals surface area contributed by atoms with E-state index in [1.807, 2.05) is 49.4 Å². The van der Waals surface area contributed by atoms with Crippen LogP contribution in [0, 0.1) is 6.92 Å². The molecule has 0 bridgehead atoms. The van der Waals surface area contributed by atoms with E-state index in [4.69, 9.17) is 4.42 Å². The van der Waals surface area contributed by atoms with Gasteiger partial charge in [0, 0.05) is 5.39 Å². The summed E-state index contributed by atoms with van der Waals surface area (Å²) in [5, 5.41) is 4.39. The molecule has 0 saturated heterocycles. The van der Waals surface area contributed by atoms with Crippen LogP contribution in [0.3, 0.4) is 0 Å². The highest BCUT2D eigenvalue weighted by molar-refractivity contribution is 5.88. The highest BCUT2D eigenvalue weighted by Crippen LogP contribution is 2.20. The third-order valence-corrected chi connectivity index (χ3v) is 3.23. The van der Waals surface area contributed by atoms with Gasteiger partial charge in [0.15, 0.2) is 0 Å². The van der Waals surface area contributed by atoms with Crippen LogP contribution >= 0.6 is 0 Å². The zero-order valence-corrected chi connectivity index (χ0v) is 11.4. The molecule has 2 heterocycles. The maximum atomic E-state index is 5.53. The fraction of sp³-hybridized carbons (Fsp3) is 0.118. The Bertz CT molecular complexity index is 759. The Morgan fingerprint density at radius 1 is 1.20 bits per heavy atom. The van der Waals surface area contributed by atoms with Gasteiger partial charge in [-0.15, -0.1) is 0 Å². The highest BCUT2D eigenvalue weighted by Gasteiger charge is 2.02. The van der Waals surface area contributed by atoms with Gasteiger partial charge in [0.05, 0.1) is 12.1 Å². The standard InChI is InChI=1S/C17H16N2O/c1-3-13-5-4-6-16-15(13)9-10-17(19-16)18-11-14-8-7-12(2)20-14/h3-10H,1,11H2,2H3,(H,18,19). The monoisotopic (exact) mass is 264 g/mol. The zero-order chi connectivity index (χ0) is 13.9. The summed E-state index contributed by atoms with van der Waals surface area (Å²) in [6, 6.07) is 14.0. The molecule has 3 nitrogen and oxygen atoms in total. The normalized spacial score (nSPS) is 10.7. The Balaban J connectivity index is 1.84. The predicted octanol–water partition coefficient (Wildman–Crippen LogP) is 4.39. The molecule has 0 fully saturated rings. The van der Waals surface area contributed by atoms with Gasteiger partial charge in [0.25, 0.3) is 0 Å². The molecule has 0 saturated carbocycles. The summed E-state index contributed by atoms with van der Waals surface area (Å²) < 4.78 is 5.53. The van der Waals surface area contributed by atoms with Crippen molar-refractivity contribution in [3.63, 3.8) is 0 Å². The Hall–Kier alpha value is -2.55. The van der Waals surface area contributed by atoms with E-state index in [2.05, 4.69) is 22.9 Å². The number of pyridine rings is 1. The van der Waals surface area contributed by atoms with Crippen LogP contribution < -0.4 is 5.32 Å². The van der Waals surface area contributed by atoms with Crippen LogP contribution in [0.25, 0.3) is 17.0 Å². The smallest absolute Gasteiger partial charge is 0.127 e. The van der Waals surface area contributed by atoms with Gasteiger partial charge in [-0.1, -0.05) is 24.8 Å². The van der Waals surface area contributed by atoms with Gasteiger partial charge in [-0.25, -0.2) is 4.98 Å². The van der Waals surface area contributed by atoms with Crippen molar-refractivity contribution in [1.82, 2.24) is 4.98 Å². The second-order valence-electron chi connectivity index (χ2n) is 4.68. The van der Waals surface area contributed by atoms with Crippen molar-refractivity contribution in [2.45, 2.75) is 13.5 Å². The van der Waals surface area contributed by atoms with Gasteiger partial charge < -0.3 is 9.73 Å². The van der Waals surface area contributed by atoms with Crippen molar-refractivity contribution < 1.29 is 4.42 Å². The van der Waals surface area contributed by atoms with Crippen LogP contribution in [0.1, 0.15) is 17.1 Å². The quantitative estimate of drug-likeness (QED) is 0.759. The molecule has 0 unspecified atom stereocenters. The first-order valence-corrected chi connectivity index (χ1v) is 6.57. The van der Waals surface area contributed by atoms with Crippen LogP contribution in [0.5, 0.6) is 0 Å². The van der Waals surface area contributed by atoms with Crippen molar-refractivity contribution in [2.75, 3.05) is 5.32 Å². The second-order valence-corrected chi connectivity index (χ2v) is 4.68. The van der Waals surface area contributed by atoms with Crippen molar-refractivity contribution in [3.8, 4) is 0 Å². The summed E-state index contributed by atoms with van der Waals surface area (Å²) in [7, 11) is 0. The van der Waals surface area contributed by atoms with Gasteiger partial charge in [0.1, 0.15) is 17.3 Å². The fourth-order valence-corrected chi connectivity index (χ4v) is 2.21. The number of furan rings is 1. The van der Waals surface area contributed by atoms with Crippen molar-refractivity contribution in [2.24, 2.45) is 0 Å². The van der Waals surface area contributed by atoms with Crippen LogP contribution in [0.15, 0.2) is 53.5 Å². The lowest BCUT2D eigenvalue weighted by molar-refractivity contribution is 0.490. The molecular weight excluding hydrogens is 248 g/mol. The Morgan fingerprint density at radius 3 is 2.85 bits per heavy atom. The molecule has 0 atom stereocenters. The summed E-state index contributed by atoms with van der Waals surface area (Å²) in [6.45, 7) is 6.40. The topological polar surface area (TPSA) is 38.1 Å². The molecule has 3 rings (SSSR count). The fourth-order valence-electron chi connectivity index (χ4n) is 2.21. The average Bonchev–Trinajstić information content (AvgIpc) is 2.89. The first kappa shape index (κ1) is 12.5. The molecule has 2 aromatic heterocycles. The molecule has 0 amide bonds. The van der Waals surface area contributed by atoms with Gasteiger partial charge in [0.2, 0.25) is 0 Å². The maximum Gasteiger partial charge on any atom is 0.127 e. The molecule has 0 spiro atoms. The number of aromatic nitrogens is 1. The Kier molecular flexibility index (Phi) is 3.25. The maximum absolute atomic E-state index is 5.53. The molecular formula is C17H16N2O. The van der Waals surface area contributed by atoms with Gasteiger partial charge in [-0.2, -0.15) is 0 Å². The van der Waals surface area contributed by atoms with E-state index in [9.17, 15) is 0 Å². The second kappa shape index (κ2) is 5.21. The number of anilines is 1. The number of nitrogens with zero attached hydrogens (tertiary/aromatic N) is 1. The number of hydrogen-bond donors (Lipinski definition) is 1. The molecule has 20 heavy (non-hydrogen) atoms. The molecule has 1 N–H and O–H groups in total. The molecule has 0 aliphatic rings. The number of rotatable bonds is 4. The summed E-state index contributed by atoms with van der Waals surface area (Å²) >= 11 is 0. The molecule has 3 aromatic rings. The molecule has 1 aromatic carbocycles. The first-order chi connectivity index (χ1) is 9.76. The largest absolute Gasteiger partial charge is 0.465 e. The van der Waals surface area contributed by atoms with Gasteiger partial charge in [-0.05, 0) is 42.8 Å². The van der Waals surface area contributed by atoms with E-state index < -0.39 is 0 Å². The van der Waals surface area contributed by atoms with Crippen LogP contribution in [-0.4, -0.2) is 4.98 Å². The number of fused-ring (bicyclic) bond motifs is 1. The van der Waals surface area contributed by atoms with E-state index in [0.717, 1.165) is 33.8 Å². The minimum absolute atomic E-state index is 0.632. The van der Waals surface area contributed by atoms with Crippen molar-refractivity contribution >= 4 is 22.8 Å². The molecule has 0 aliphatic heterocycles. The van der Waals surface area contributed by atoms with Gasteiger partial charge in [-0.3, -0.25) is 0 Å². The molecule has 3 heteroatoms. The third kappa shape index (κ3) is 2.43. The van der Waals surface area contributed by atoms with Crippen LogP contribution in [0.4, 0.5) is 5.82 Å². The van der Waals surface area contributed by atoms with E-state index >= 15 is 0 Å². The number of benzene rings is 1. The average molecular weight is 264 g/mol. The molecule has 0 radical (unpaired) electrons. The van der Waals surface area contributed by atoms with Crippen LogP contribution in [0.2, 0.25) is 0 Å². The predicted molar refractivity (Wildman–Crippen MR) is 82.6 cm³/mol. The molecule has 100 valence electrons. The van der Waals surface area contributed by atoms with Crippen molar-refractivity contribution in [3.05, 3.63) is 66.1 Å². The van der Waals surface area contributed by atoms with Gasteiger partial charge >= 0.3 is 0 Å². The number of nitrogens with one attached hydrogen (secondary N) is 1. The van der Waals surface area contributed by atoms with E-state index in [1.165, 1.54) is 0 Å². The lowest BCUT2D eigenvalue weighted by Gasteiger charge is -2.06. The van der Waals surface area contributed by atoms with E-state index in [1.54, 1.807) is 0 Å². The van der Waals surface area contributed by atoms with Crippen molar-refractivity contribution in [1.29, 1.82) is 0 Å². The summed E-state index contributed by atoms with van der Waals surface area (Å²) in [6.07, 6.45) is 1.85. The lowest BCUT2D eigenvalue weighted by atomic mass is 10.1. The third-order valence-electron chi connectivity index (χ3n) is 3.23. The Labute approximate surface area is 118 Å². The number of hydrogen-bond acceptors (Lipinski definition) is 3. The number of aryl methyl sites for hydroxylation is 1. The van der Waals surface area contributed by atoms with E-state index in [0.29, 0.717) is 6.54 Å². The van der Waals surface area contributed by atoms with Crippen LogP contribution in [-0.2, 0) is 6.54 Å². The summed E-state index contributed by atoms with van der Waals surface area (Å²) in [5.74, 6) is 2.67. The SMILES string of the molecule is C=Cc1cccc2nc(NCc3ccc(C)o3)ccc12. The zero-order valence-electron chi connectivity index (χ0n) is 11.4. The van der Waals surface area contributed by atoms with E-state index in [-0.39, 0.29) is 0 Å². The Morgan fingerprint density at radius 2 is 2.10 bits per heavy atom. The lowest BCUT2D eigenvalue weighted by Crippen LogP contribution is -2.00. The minimum Gasteiger partial charge on any atom is -0.465 e. The summed E-state index contributed by atoms with van der Waals surface area (Å²) in [4.78, 5) is 4.61. The molecule has 0 aliphatic carbocycles.